The minimum atomic E-state index is -0.390. The summed E-state index contributed by atoms with van der Waals surface area (Å²) in [6.07, 6.45) is -0.390. The Morgan fingerprint density at radius 2 is 2.11 bits per heavy atom. The molecule has 0 amide bonds. The van der Waals surface area contributed by atoms with Gasteiger partial charge in [-0.25, -0.2) is 9.31 Å². The zero-order valence-electron chi connectivity index (χ0n) is 10.8. The number of tetrazole rings is 1. The summed E-state index contributed by atoms with van der Waals surface area (Å²) in [4.78, 5) is 0. The van der Waals surface area contributed by atoms with E-state index in [1.54, 1.807) is 18.9 Å². The van der Waals surface area contributed by atoms with E-state index < -0.39 is 6.29 Å². The quantitative estimate of drug-likeness (QED) is 0.524. The molecule has 2 aromatic heterocycles. The first-order chi connectivity index (χ1) is 9.24. The lowest BCUT2D eigenvalue weighted by molar-refractivity contribution is -0.113. The maximum atomic E-state index is 5.11. The third-order valence-electron chi connectivity index (χ3n) is 2.43. The Morgan fingerprint density at radius 3 is 2.74 bits per heavy atom. The number of ether oxygens (including phenoxy) is 2. The van der Waals surface area contributed by atoms with Crippen LogP contribution in [0.4, 0.5) is 0 Å². The number of thioether (sulfide) groups is 1. The molecule has 0 fully saturated rings. The van der Waals surface area contributed by atoms with Gasteiger partial charge in [0.2, 0.25) is 5.16 Å². The van der Waals surface area contributed by atoms with Crippen molar-refractivity contribution in [2.75, 3.05) is 14.2 Å². The van der Waals surface area contributed by atoms with Gasteiger partial charge in [-0.3, -0.25) is 0 Å². The van der Waals surface area contributed by atoms with Crippen LogP contribution < -0.4 is 0 Å². The van der Waals surface area contributed by atoms with E-state index in [2.05, 4.69) is 30.5 Å². The zero-order chi connectivity index (χ0) is 13.7. The van der Waals surface area contributed by atoms with Crippen LogP contribution in [-0.2, 0) is 21.8 Å². The Hall–Kier alpha value is -1.52. The third-order valence-corrected chi connectivity index (χ3v) is 3.40. The first-order valence-electron chi connectivity index (χ1n) is 5.47. The van der Waals surface area contributed by atoms with Gasteiger partial charge in [-0.2, -0.15) is 0 Å². The summed E-state index contributed by atoms with van der Waals surface area (Å²) in [5.74, 6) is 0.584. The van der Waals surface area contributed by atoms with E-state index in [-0.39, 0.29) is 0 Å². The molecule has 2 aromatic rings. The molecule has 9 nitrogen and oxygen atoms in total. The summed E-state index contributed by atoms with van der Waals surface area (Å²) in [6, 6.07) is 0. The van der Waals surface area contributed by atoms with Crippen molar-refractivity contribution in [2.24, 2.45) is 0 Å². The monoisotopic (exact) mass is 286 g/mol. The fraction of sp³-hybridized carbons (Fsp3) is 0.667. The molecule has 0 bridgehead atoms. The molecule has 104 valence electrons. The number of hydrogen-bond donors (Lipinski definition) is 0. The van der Waals surface area contributed by atoms with E-state index in [1.165, 1.54) is 11.8 Å². The molecular formula is C9H14N6O3S. The van der Waals surface area contributed by atoms with Gasteiger partial charge >= 0.3 is 0 Å². The first kappa shape index (κ1) is 13.9. The second-order valence-corrected chi connectivity index (χ2v) is 4.57. The standard InChI is InChI=1S/C9H14N6O3S/c1-6-7(12-18-11-6)5-19-9-10-13-14-15(9)4-8(16-2)17-3/h8H,4-5H2,1-3H3. The fourth-order valence-electron chi connectivity index (χ4n) is 1.31. The molecule has 2 heterocycles. The second kappa shape index (κ2) is 6.59. The molecular weight excluding hydrogens is 272 g/mol. The van der Waals surface area contributed by atoms with Crippen LogP contribution >= 0.6 is 11.8 Å². The molecule has 0 atom stereocenters. The molecule has 0 aliphatic heterocycles. The van der Waals surface area contributed by atoms with E-state index >= 15 is 0 Å². The molecule has 19 heavy (non-hydrogen) atoms. The minimum Gasteiger partial charge on any atom is -0.354 e. The summed E-state index contributed by atoms with van der Waals surface area (Å²) in [5.41, 5.74) is 1.53. The second-order valence-electron chi connectivity index (χ2n) is 3.63. The normalized spacial score (nSPS) is 11.4. The Labute approximate surface area is 113 Å². The van der Waals surface area contributed by atoms with E-state index in [1.807, 2.05) is 6.92 Å². The molecule has 0 aliphatic carbocycles. The molecule has 0 saturated heterocycles. The number of aromatic nitrogens is 6. The largest absolute Gasteiger partial charge is 0.354 e. The highest BCUT2D eigenvalue weighted by atomic mass is 32.2. The van der Waals surface area contributed by atoms with Gasteiger partial charge in [0.25, 0.3) is 0 Å². The fourth-order valence-corrected chi connectivity index (χ4v) is 2.20. The number of rotatable bonds is 7. The molecule has 0 aromatic carbocycles. The molecule has 0 radical (unpaired) electrons. The van der Waals surface area contributed by atoms with E-state index in [0.29, 0.717) is 17.5 Å². The van der Waals surface area contributed by atoms with Crippen LogP contribution in [0, 0.1) is 6.92 Å². The molecule has 2 rings (SSSR count). The number of nitrogens with zero attached hydrogens (tertiary/aromatic N) is 6. The van der Waals surface area contributed by atoms with Crippen LogP contribution in [0.15, 0.2) is 9.79 Å². The number of hydrogen-bond acceptors (Lipinski definition) is 9. The Kier molecular flexibility index (Phi) is 4.82. The van der Waals surface area contributed by atoms with Crippen LogP contribution in [0.1, 0.15) is 11.4 Å². The lowest BCUT2D eigenvalue weighted by atomic mass is 10.4. The summed E-state index contributed by atoms with van der Waals surface area (Å²) < 4.78 is 16.5. The van der Waals surface area contributed by atoms with E-state index in [9.17, 15) is 0 Å². The maximum absolute atomic E-state index is 5.11. The average Bonchev–Trinajstić information content (AvgIpc) is 3.02. The van der Waals surface area contributed by atoms with Gasteiger partial charge < -0.3 is 9.47 Å². The summed E-state index contributed by atoms with van der Waals surface area (Å²) in [5, 5.41) is 19.6. The molecule has 10 heteroatoms. The molecule has 0 aliphatic rings. The predicted molar refractivity (Wildman–Crippen MR) is 64.2 cm³/mol. The van der Waals surface area contributed by atoms with Crippen molar-refractivity contribution >= 4 is 11.8 Å². The van der Waals surface area contributed by atoms with Gasteiger partial charge in [-0.15, -0.1) is 5.10 Å². The summed E-state index contributed by atoms with van der Waals surface area (Å²) in [7, 11) is 3.13. The van der Waals surface area contributed by atoms with Crippen molar-refractivity contribution in [3.8, 4) is 0 Å². The van der Waals surface area contributed by atoms with Crippen LogP contribution in [0.5, 0.6) is 0 Å². The Balaban J connectivity index is 1.98. The summed E-state index contributed by atoms with van der Waals surface area (Å²) >= 11 is 1.44. The van der Waals surface area contributed by atoms with Gasteiger partial charge in [-0.1, -0.05) is 22.1 Å². The zero-order valence-corrected chi connectivity index (χ0v) is 11.6. The van der Waals surface area contributed by atoms with Gasteiger partial charge in [0.05, 0.1) is 6.54 Å². The van der Waals surface area contributed by atoms with Gasteiger partial charge in [0, 0.05) is 20.0 Å². The average molecular weight is 286 g/mol. The Bertz CT molecular complexity index is 512. The van der Waals surface area contributed by atoms with Crippen molar-refractivity contribution in [1.29, 1.82) is 0 Å². The van der Waals surface area contributed by atoms with Gasteiger partial charge in [-0.05, 0) is 17.4 Å². The lowest BCUT2D eigenvalue weighted by Crippen LogP contribution is -2.21. The Morgan fingerprint density at radius 1 is 1.32 bits per heavy atom. The lowest BCUT2D eigenvalue weighted by Gasteiger charge is -2.13. The van der Waals surface area contributed by atoms with E-state index in [4.69, 9.17) is 9.47 Å². The smallest absolute Gasteiger partial charge is 0.209 e. The highest BCUT2D eigenvalue weighted by Gasteiger charge is 2.14. The van der Waals surface area contributed by atoms with Crippen molar-refractivity contribution in [3.05, 3.63) is 11.4 Å². The highest BCUT2D eigenvalue weighted by molar-refractivity contribution is 7.98. The van der Waals surface area contributed by atoms with Crippen LogP contribution in [0.3, 0.4) is 0 Å². The molecule has 0 N–H and O–H groups in total. The molecule has 0 saturated carbocycles. The summed E-state index contributed by atoms with van der Waals surface area (Å²) in [6.45, 7) is 2.25. The SMILES string of the molecule is COC(Cn1nnnc1SCc1nonc1C)OC. The maximum Gasteiger partial charge on any atom is 0.209 e. The molecule has 0 unspecified atom stereocenters. The van der Waals surface area contributed by atoms with Gasteiger partial charge in [0.15, 0.2) is 6.29 Å². The predicted octanol–water partition coefficient (Wildman–Crippen LogP) is 0.276. The minimum absolute atomic E-state index is 0.390. The first-order valence-corrected chi connectivity index (χ1v) is 6.45. The van der Waals surface area contributed by atoms with E-state index in [0.717, 1.165) is 11.4 Å². The van der Waals surface area contributed by atoms with Crippen LogP contribution in [0.2, 0.25) is 0 Å². The van der Waals surface area contributed by atoms with Crippen molar-refractivity contribution in [2.45, 2.75) is 30.7 Å². The van der Waals surface area contributed by atoms with Gasteiger partial charge in [0.1, 0.15) is 11.4 Å². The number of methoxy groups -OCH3 is 2. The van der Waals surface area contributed by atoms with Crippen molar-refractivity contribution in [1.82, 2.24) is 30.5 Å². The third kappa shape index (κ3) is 3.49. The molecule has 0 spiro atoms. The van der Waals surface area contributed by atoms with Crippen LogP contribution in [0.25, 0.3) is 0 Å². The topological polar surface area (TPSA) is 101 Å². The van der Waals surface area contributed by atoms with Crippen molar-refractivity contribution < 1.29 is 14.1 Å². The number of aryl methyl sites for hydroxylation is 1. The van der Waals surface area contributed by atoms with Crippen molar-refractivity contribution in [3.63, 3.8) is 0 Å². The highest BCUT2D eigenvalue weighted by Crippen LogP contribution is 2.20. The van der Waals surface area contributed by atoms with Crippen LogP contribution in [-0.4, -0.2) is 51.0 Å².